The van der Waals surface area contributed by atoms with Gasteiger partial charge >= 0.3 is 0 Å². The molecule has 0 aliphatic rings. The quantitative estimate of drug-likeness (QED) is 0.823. The van der Waals surface area contributed by atoms with Crippen LogP contribution in [0.4, 0.5) is 5.82 Å². The second-order valence-electron chi connectivity index (χ2n) is 3.16. The molecule has 0 radical (unpaired) electrons. The van der Waals surface area contributed by atoms with Gasteiger partial charge < -0.3 is 5.32 Å². The first kappa shape index (κ1) is 10.8. The minimum atomic E-state index is 0.226. The van der Waals surface area contributed by atoms with E-state index in [4.69, 9.17) is 11.6 Å². The Morgan fingerprint density at radius 2 is 2.00 bits per heavy atom. The van der Waals surface area contributed by atoms with Crippen LogP contribution < -0.4 is 5.32 Å². The standard InChI is InChI=1S/C10H10ClN5/c1-7-12-4-2-8(15-7)6-14-9-3-5-13-10(11)16-9/h2-5H,6H2,1H3,(H,13,14,16). The first-order chi connectivity index (χ1) is 7.74. The zero-order valence-corrected chi connectivity index (χ0v) is 9.44. The van der Waals surface area contributed by atoms with E-state index in [0.29, 0.717) is 12.4 Å². The Balaban J connectivity index is 2.02. The molecule has 1 N–H and O–H groups in total. The molecule has 16 heavy (non-hydrogen) atoms. The van der Waals surface area contributed by atoms with Gasteiger partial charge in [0.25, 0.3) is 0 Å². The van der Waals surface area contributed by atoms with Gasteiger partial charge in [-0.1, -0.05) is 0 Å². The number of rotatable bonds is 3. The maximum absolute atomic E-state index is 5.66. The van der Waals surface area contributed by atoms with Gasteiger partial charge in [0.2, 0.25) is 5.28 Å². The van der Waals surface area contributed by atoms with Crippen molar-refractivity contribution in [3.05, 3.63) is 41.3 Å². The molecule has 0 aliphatic carbocycles. The van der Waals surface area contributed by atoms with Gasteiger partial charge in [-0.25, -0.2) is 19.9 Å². The van der Waals surface area contributed by atoms with E-state index in [1.54, 1.807) is 18.5 Å². The zero-order chi connectivity index (χ0) is 11.4. The fourth-order valence-electron chi connectivity index (χ4n) is 1.22. The van der Waals surface area contributed by atoms with Crippen molar-refractivity contribution in [3.8, 4) is 0 Å². The number of aryl methyl sites for hydroxylation is 1. The molecule has 0 aliphatic heterocycles. The Kier molecular flexibility index (Phi) is 3.26. The van der Waals surface area contributed by atoms with Crippen molar-refractivity contribution in [2.45, 2.75) is 13.5 Å². The summed E-state index contributed by atoms with van der Waals surface area (Å²) in [6.07, 6.45) is 3.33. The van der Waals surface area contributed by atoms with Crippen molar-refractivity contribution in [2.24, 2.45) is 0 Å². The van der Waals surface area contributed by atoms with E-state index in [1.807, 2.05) is 13.0 Å². The van der Waals surface area contributed by atoms with E-state index in [2.05, 4.69) is 25.3 Å². The highest BCUT2D eigenvalue weighted by atomic mass is 35.5. The molecule has 0 saturated heterocycles. The van der Waals surface area contributed by atoms with Crippen molar-refractivity contribution < 1.29 is 0 Å². The number of anilines is 1. The van der Waals surface area contributed by atoms with Crippen molar-refractivity contribution in [1.82, 2.24) is 19.9 Å². The van der Waals surface area contributed by atoms with E-state index >= 15 is 0 Å². The van der Waals surface area contributed by atoms with Crippen molar-refractivity contribution in [2.75, 3.05) is 5.32 Å². The third-order valence-corrected chi connectivity index (χ3v) is 2.09. The Labute approximate surface area is 98.0 Å². The first-order valence-electron chi connectivity index (χ1n) is 4.75. The molecule has 0 saturated carbocycles. The van der Waals surface area contributed by atoms with Gasteiger partial charge in [0, 0.05) is 12.4 Å². The fourth-order valence-corrected chi connectivity index (χ4v) is 1.37. The van der Waals surface area contributed by atoms with Crippen LogP contribution in [-0.2, 0) is 6.54 Å². The fraction of sp³-hybridized carbons (Fsp3) is 0.200. The van der Waals surface area contributed by atoms with Crippen LogP contribution >= 0.6 is 11.6 Å². The summed E-state index contributed by atoms with van der Waals surface area (Å²) in [5.74, 6) is 1.43. The monoisotopic (exact) mass is 235 g/mol. The molecule has 0 aromatic carbocycles. The smallest absolute Gasteiger partial charge is 0.224 e. The Hall–Kier alpha value is -1.75. The number of hydrogen-bond acceptors (Lipinski definition) is 5. The number of nitrogens with zero attached hydrogens (tertiary/aromatic N) is 4. The topological polar surface area (TPSA) is 63.6 Å². The largest absolute Gasteiger partial charge is 0.364 e. The molecule has 5 nitrogen and oxygen atoms in total. The van der Waals surface area contributed by atoms with Crippen LogP contribution in [0.3, 0.4) is 0 Å². The summed E-state index contributed by atoms with van der Waals surface area (Å²) in [6, 6.07) is 3.60. The second kappa shape index (κ2) is 4.85. The van der Waals surface area contributed by atoms with E-state index in [1.165, 1.54) is 0 Å². The highest BCUT2D eigenvalue weighted by Gasteiger charge is 1.98. The Morgan fingerprint density at radius 3 is 2.75 bits per heavy atom. The second-order valence-corrected chi connectivity index (χ2v) is 3.50. The predicted molar refractivity (Wildman–Crippen MR) is 61.1 cm³/mol. The van der Waals surface area contributed by atoms with Crippen LogP contribution in [-0.4, -0.2) is 19.9 Å². The lowest BCUT2D eigenvalue weighted by Gasteiger charge is -2.04. The lowest BCUT2D eigenvalue weighted by molar-refractivity contribution is 0.948. The van der Waals surface area contributed by atoms with Crippen molar-refractivity contribution >= 4 is 17.4 Å². The highest BCUT2D eigenvalue weighted by Crippen LogP contribution is 2.07. The van der Waals surface area contributed by atoms with Crippen LogP contribution in [0.1, 0.15) is 11.5 Å². The summed E-state index contributed by atoms with van der Waals surface area (Å²) in [7, 11) is 0. The minimum Gasteiger partial charge on any atom is -0.364 e. The molecular weight excluding hydrogens is 226 g/mol. The molecule has 2 rings (SSSR count). The number of nitrogens with one attached hydrogen (secondary N) is 1. The molecule has 0 spiro atoms. The Morgan fingerprint density at radius 1 is 1.19 bits per heavy atom. The van der Waals surface area contributed by atoms with Crippen LogP contribution in [0, 0.1) is 6.92 Å². The van der Waals surface area contributed by atoms with E-state index in [0.717, 1.165) is 11.5 Å². The van der Waals surface area contributed by atoms with Crippen LogP contribution in [0.25, 0.3) is 0 Å². The molecule has 2 aromatic rings. The third-order valence-electron chi connectivity index (χ3n) is 1.91. The molecule has 0 unspecified atom stereocenters. The van der Waals surface area contributed by atoms with Gasteiger partial charge in [-0.05, 0) is 30.7 Å². The van der Waals surface area contributed by atoms with Gasteiger partial charge in [-0.3, -0.25) is 0 Å². The summed E-state index contributed by atoms with van der Waals surface area (Å²) in [5, 5.41) is 3.33. The molecule has 2 aromatic heterocycles. The van der Waals surface area contributed by atoms with Gasteiger partial charge in [0.1, 0.15) is 11.6 Å². The maximum atomic E-state index is 5.66. The van der Waals surface area contributed by atoms with Gasteiger partial charge in [-0.2, -0.15) is 0 Å². The summed E-state index contributed by atoms with van der Waals surface area (Å²) in [4.78, 5) is 16.1. The highest BCUT2D eigenvalue weighted by molar-refractivity contribution is 6.28. The van der Waals surface area contributed by atoms with E-state index < -0.39 is 0 Å². The summed E-state index contributed by atoms with van der Waals surface area (Å²) in [6.45, 7) is 2.43. The number of hydrogen-bond donors (Lipinski definition) is 1. The summed E-state index contributed by atoms with van der Waals surface area (Å²) in [5.41, 5.74) is 0.905. The van der Waals surface area contributed by atoms with Crippen LogP contribution in [0.2, 0.25) is 5.28 Å². The lowest BCUT2D eigenvalue weighted by Crippen LogP contribution is -2.04. The Bertz CT molecular complexity index is 443. The van der Waals surface area contributed by atoms with Crippen LogP contribution in [0.5, 0.6) is 0 Å². The molecular formula is C10H10ClN5. The van der Waals surface area contributed by atoms with Gasteiger partial charge in [-0.15, -0.1) is 0 Å². The average Bonchev–Trinajstić information content (AvgIpc) is 2.27. The molecule has 0 atom stereocenters. The molecule has 0 fully saturated rings. The molecule has 0 bridgehead atoms. The number of aromatic nitrogens is 4. The molecule has 0 amide bonds. The summed E-state index contributed by atoms with van der Waals surface area (Å²) >= 11 is 5.66. The third kappa shape index (κ3) is 2.87. The van der Waals surface area contributed by atoms with Crippen molar-refractivity contribution in [1.29, 1.82) is 0 Å². The maximum Gasteiger partial charge on any atom is 0.224 e. The lowest BCUT2D eigenvalue weighted by atomic mass is 10.4. The molecule has 2 heterocycles. The normalized spacial score (nSPS) is 10.1. The average molecular weight is 236 g/mol. The van der Waals surface area contributed by atoms with Crippen LogP contribution in [0.15, 0.2) is 24.5 Å². The van der Waals surface area contributed by atoms with Gasteiger partial charge in [0.05, 0.1) is 12.2 Å². The minimum absolute atomic E-state index is 0.226. The summed E-state index contributed by atoms with van der Waals surface area (Å²) < 4.78 is 0. The van der Waals surface area contributed by atoms with E-state index in [-0.39, 0.29) is 5.28 Å². The molecule has 6 heteroatoms. The SMILES string of the molecule is Cc1nccc(CNc2ccnc(Cl)n2)n1. The van der Waals surface area contributed by atoms with Crippen molar-refractivity contribution in [3.63, 3.8) is 0 Å². The predicted octanol–water partition coefficient (Wildman–Crippen LogP) is 1.84. The molecule has 82 valence electrons. The first-order valence-corrected chi connectivity index (χ1v) is 5.13. The number of halogens is 1. The zero-order valence-electron chi connectivity index (χ0n) is 8.68. The van der Waals surface area contributed by atoms with E-state index in [9.17, 15) is 0 Å². The van der Waals surface area contributed by atoms with Gasteiger partial charge in [0.15, 0.2) is 0 Å².